The van der Waals surface area contributed by atoms with E-state index in [1.54, 1.807) is 19.1 Å². The minimum Gasteiger partial charge on any atom is -0.481 e. The fraction of sp³-hybridized carbons (Fsp3) is 0.130. The monoisotopic (exact) mass is 432 g/mol. The van der Waals surface area contributed by atoms with Crippen molar-refractivity contribution in [2.24, 2.45) is 7.05 Å². The lowest BCUT2D eigenvalue weighted by atomic mass is 9.99. The number of nitrogens with one attached hydrogen (secondary N) is 1. The molecule has 1 aromatic carbocycles. The van der Waals surface area contributed by atoms with Gasteiger partial charge in [0.15, 0.2) is 0 Å². The number of ether oxygens (including phenoxy) is 1. The normalized spacial score (nSPS) is 10.9. The number of nitrogens with zero attached hydrogens (tertiary/aromatic N) is 4. The number of nitrogens with two attached hydrogens (primary N) is 1. The van der Waals surface area contributed by atoms with E-state index >= 15 is 0 Å². The molecule has 0 aliphatic rings. The second-order valence-electron chi connectivity index (χ2n) is 7.26. The Morgan fingerprint density at radius 1 is 1.22 bits per heavy atom. The molecule has 4 aromatic rings. The van der Waals surface area contributed by atoms with Crippen LogP contribution in [0.4, 0.5) is 15.9 Å². The zero-order chi connectivity index (χ0) is 23.0. The third-order valence-electron chi connectivity index (χ3n) is 5.11. The van der Waals surface area contributed by atoms with Gasteiger partial charge in [0.2, 0.25) is 5.88 Å². The molecule has 0 aliphatic heterocycles. The van der Waals surface area contributed by atoms with Crippen molar-refractivity contribution in [3.8, 4) is 28.3 Å². The van der Waals surface area contributed by atoms with Gasteiger partial charge in [-0.2, -0.15) is 0 Å². The van der Waals surface area contributed by atoms with Crippen molar-refractivity contribution in [2.45, 2.75) is 6.92 Å². The molecule has 3 heterocycles. The number of hydrogen-bond acceptors (Lipinski definition) is 6. The van der Waals surface area contributed by atoms with E-state index in [0.29, 0.717) is 33.6 Å². The number of anilines is 2. The Morgan fingerprint density at radius 3 is 2.59 bits per heavy atom. The lowest BCUT2D eigenvalue weighted by Crippen LogP contribution is -2.11. The maximum absolute atomic E-state index is 15.0. The molecule has 0 fully saturated rings. The third-order valence-corrected chi connectivity index (χ3v) is 5.11. The predicted octanol–water partition coefficient (Wildman–Crippen LogP) is 3.94. The summed E-state index contributed by atoms with van der Waals surface area (Å²) in [5, 5.41) is 3.29. The van der Waals surface area contributed by atoms with Crippen LogP contribution >= 0.6 is 0 Å². The molecule has 0 saturated carbocycles. The lowest BCUT2D eigenvalue weighted by molar-refractivity contribution is -0.112. The Kier molecular flexibility index (Phi) is 5.31. The minimum atomic E-state index is -0.534. The van der Waals surface area contributed by atoms with Crippen LogP contribution in [0.2, 0.25) is 0 Å². The number of hydrogen-bond donors (Lipinski definition) is 2. The molecule has 9 heteroatoms. The second-order valence-corrected chi connectivity index (χ2v) is 7.26. The Labute approximate surface area is 183 Å². The van der Waals surface area contributed by atoms with Crippen LogP contribution in [0.1, 0.15) is 6.92 Å². The number of aryl methyl sites for hydroxylation is 1. The van der Waals surface area contributed by atoms with E-state index in [4.69, 9.17) is 10.5 Å². The number of methoxy groups -OCH3 is 1. The maximum atomic E-state index is 15.0. The Morgan fingerprint density at radius 2 is 1.94 bits per heavy atom. The summed E-state index contributed by atoms with van der Waals surface area (Å²) in [6.07, 6.45) is 2.47. The smallest absolute Gasteiger partial charge is 0.250 e. The van der Waals surface area contributed by atoms with Gasteiger partial charge >= 0.3 is 0 Å². The highest BCUT2D eigenvalue weighted by Crippen LogP contribution is 2.43. The first-order chi connectivity index (χ1) is 15.3. The van der Waals surface area contributed by atoms with Crippen LogP contribution in [-0.4, -0.2) is 32.5 Å². The molecule has 3 N–H and O–H groups in total. The molecule has 1 amide bonds. The van der Waals surface area contributed by atoms with Gasteiger partial charge in [-0.15, -0.1) is 0 Å². The maximum Gasteiger partial charge on any atom is 0.250 e. The number of carbonyl (C=O) groups is 1. The summed E-state index contributed by atoms with van der Waals surface area (Å²) >= 11 is 0. The van der Waals surface area contributed by atoms with Gasteiger partial charge in [0.05, 0.1) is 24.4 Å². The first-order valence-corrected chi connectivity index (χ1v) is 9.67. The first kappa shape index (κ1) is 21.0. The van der Waals surface area contributed by atoms with Crippen molar-refractivity contribution in [3.63, 3.8) is 0 Å². The highest BCUT2D eigenvalue weighted by molar-refractivity contribution is 6.08. The molecule has 8 nitrogen and oxygen atoms in total. The molecule has 32 heavy (non-hydrogen) atoms. The van der Waals surface area contributed by atoms with E-state index < -0.39 is 5.82 Å². The van der Waals surface area contributed by atoms with E-state index in [1.807, 2.05) is 23.7 Å². The topological polar surface area (TPSA) is 108 Å². The van der Waals surface area contributed by atoms with Crippen LogP contribution < -0.4 is 15.8 Å². The number of rotatable bonds is 5. The van der Waals surface area contributed by atoms with Gasteiger partial charge in [0.1, 0.15) is 23.6 Å². The van der Waals surface area contributed by atoms with Gasteiger partial charge in [-0.25, -0.2) is 19.3 Å². The number of amides is 1. The predicted molar refractivity (Wildman–Crippen MR) is 122 cm³/mol. The van der Waals surface area contributed by atoms with Gasteiger partial charge in [0, 0.05) is 35.5 Å². The summed E-state index contributed by atoms with van der Waals surface area (Å²) in [6.45, 7) is 5.27. The quantitative estimate of drug-likeness (QED) is 0.463. The number of fused-ring (bicyclic) bond motifs is 1. The summed E-state index contributed by atoms with van der Waals surface area (Å²) in [5.74, 6) is -0.310. The molecule has 0 unspecified atom stereocenters. The SMILES string of the molecule is C=C(C)C(=O)Nc1ccc(-c2c(-c3cc(OC)ncc3F)c3c(N)ncnc3n2C)cc1. The van der Waals surface area contributed by atoms with E-state index in [0.717, 1.165) is 11.8 Å². The van der Waals surface area contributed by atoms with Crippen LogP contribution in [0.3, 0.4) is 0 Å². The zero-order valence-electron chi connectivity index (χ0n) is 17.8. The van der Waals surface area contributed by atoms with Gasteiger partial charge in [0.25, 0.3) is 5.91 Å². The van der Waals surface area contributed by atoms with Crippen molar-refractivity contribution in [1.29, 1.82) is 0 Å². The fourth-order valence-electron chi connectivity index (χ4n) is 3.55. The van der Waals surface area contributed by atoms with Crippen LogP contribution in [0.15, 0.2) is 55.0 Å². The number of nitrogen functional groups attached to an aromatic ring is 1. The molecular formula is C23H21FN6O2. The highest BCUT2D eigenvalue weighted by atomic mass is 19.1. The lowest BCUT2D eigenvalue weighted by Gasteiger charge is -2.11. The van der Waals surface area contributed by atoms with E-state index in [1.165, 1.54) is 19.5 Å². The van der Waals surface area contributed by atoms with Crippen molar-refractivity contribution >= 4 is 28.4 Å². The molecular weight excluding hydrogens is 411 g/mol. The number of halogens is 1. The standard InChI is InChI=1S/C23H21FN6O2/c1-12(2)23(31)29-14-7-5-13(6-8-14)20-18(15-9-17(32-4)26-10-16(15)24)19-21(25)27-11-28-22(19)30(20)3/h5-11H,1H2,2-4H3,(H,29,31)(H2,25,27,28). The van der Waals surface area contributed by atoms with Crippen molar-refractivity contribution in [3.05, 3.63) is 60.8 Å². The summed E-state index contributed by atoms with van der Waals surface area (Å²) in [6, 6.07) is 8.69. The summed E-state index contributed by atoms with van der Waals surface area (Å²) in [4.78, 5) is 24.3. The molecule has 0 atom stereocenters. The van der Waals surface area contributed by atoms with Crippen LogP contribution in [0, 0.1) is 5.82 Å². The van der Waals surface area contributed by atoms with Crippen LogP contribution in [0.25, 0.3) is 33.4 Å². The van der Waals surface area contributed by atoms with Gasteiger partial charge < -0.3 is 20.4 Å². The minimum absolute atomic E-state index is 0.229. The molecule has 162 valence electrons. The Balaban J connectivity index is 1.96. The first-order valence-electron chi connectivity index (χ1n) is 9.67. The van der Waals surface area contributed by atoms with Crippen molar-refractivity contribution in [1.82, 2.24) is 19.5 Å². The van der Waals surface area contributed by atoms with Crippen molar-refractivity contribution in [2.75, 3.05) is 18.2 Å². The number of benzene rings is 1. The highest BCUT2D eigenvalue weighted by Gasteiger charge is 2.24. The molecule has 0 spiro atoms. The van der Waals surface area contributed by atoms with Crippen LogP contribution in [-0.2, 0) is 11.8 Å². The van der Waals surface area contributed by atoms with E-state index in [2.05, 4.69) is 26.8 Å². The van der Waals surface area contributed by atoms with Gasteiger partial charge in [-0.3, -0.25) is 4.79 Å². The Bertz CT molecular complexity index is 1360. The molecule has 0 bridgehead atoms. The Hall–Kier alpha value is -4.27. The average Bonchev–Trinajstić information content (AvgIpc) is 3.08. The molecule has 0 aliphatic carbocycles. The number of aromatic nitrogens is 4. The van der Waals surface area contributed by atoms with Crippen LogP contribution in [0.5, 0.6) is 5.88 Å². The molecule has 4 rings (SSSR count). The van der Waals surface area contributed by atoms with Crippen molar-refractivity contribution < 1.29 is 13.9 Å². The van der Waals surface area contributed by atoms with E-state index in [-0.39, 0.29) is 23.2 Å². The number of carbonyl (C=O) groups excluding carboxylic acids is 1. The van der Waals surface area contributed by atoms with Gasteiger partial charge in [-0.05, 0) is 24.6 Å². The third kappa shape index (κ3) is 3.53. The fourth-order valence-corrected chi connectivity index (χ4v) is 3.55. The average molecular weight is 432 g/mol. The summed E-state index contributed by atoms with van der Waals surface area (Å²) < 4.78 is 22.0. The zero-order valence-corrected chi connectivity index (χ0v) is 17.8. The number of pyridine rings is 1. The second kappa shape index (κ2) is 8.10. The molecule has 0 radical (unpaired) electrons. The van der Waals surface area contributed by atoms with Gasteiger partial charge in [-0.1, -0.05) is 18.7 Å². The summed E-state index contributed by atoms with van der Waals surface area (Å²) in [7, 11) is 3.28. The molecule has 3 aromatic heterocycles. The summed E-state index contributed by atoms with van der Waals surface area (Å²) in [5.41, 5.74) is 9.99. The largest absolute Gasteiger partial charge is 0.481 e. The van der Waals surface area contributed by atoms with E-state index in [9.17, 15) is 9.18 Å². The molecule has 0 saturated heterocycles.